The van der Waals surface area contributed by atoms with Crippen LogP contribution < -0.4 is 0 Å². The zero-order valence-corrected chi connectivity index (χ0v) is 7.56. The normalized spacial score (nSPS) is 33.9. The highest BCUT2D eigenvalue weighted by molar-refractivity contribution is 4.91. The van der Waals surface area contributed by atoms with Crippen LogP contribution in [-0.2, 0) is 0 Å². The zero-order chi connectivity index (χ0) is 9.19. The fourth-order valence-electron chi connectivity index (χ4n) is 1.67. The van der Waals surface area contributed by atoms with Gasteiger partial charge in [0.2, 0.25) is 0 Å². The molecule has 0 saturated heterocycles. The molecule has 0 amide bonds. The molecule has 4 heteroatoms. The summed E-state index contributed by atoms with van der Waals surface area (Å²) in [6.45, 7) is 4.16. The van der Waals surface area contributed by atoms with Crippen LogP contribution in [0.25, 0.3) is 10.4 Å². The van der Waals surface area contributed by atoms with Crippen LogP contribution in [0.15, 0.2) is 5.11 Å². The highest BCUT2D eigenvalue weighted by Crippen LogP contribution is 2.37. The minimum Gasteiger partial charge on any atom is -0.393 e. The summed E-state index contributed by atoms with van der Waals surface area (Å²) < 4.78 is 0. The average molecular weight is 169 g/mol. The molecule has 0 aliphatic heterocycles. The van der Waals surface area contributed by atoms with Crippen LogP contribution in [0.1, 0.15) is 33.1 Å². The van der Waals surface area contributed by atoms with Gasteiger partial charge in [-0.05, 0) is 30.2 Å². The summed E-state index contributed by atoms with van der Waals surface area (Å²) in [5.41, 5.74) is 8.36. The molecule has 2 atom stereocenters. The molecule has 2 unspecified atom stereocenters. The van der Waals surface area contributed by atoms with Crippen molar-refractivity contribution < 1.29 is 5.11 Å². The van der Waals surface area contributed by atoms with Crippen LogP contribution in [0.2, 0.25) is 0 Å². The van der Waals surface area contributed by atoms with Crippen molar-refractivity contribution in [1.29, 1.82) is 0 Å². The van der Waals surface area contributed by atoms with E-state index < -0.39 is 0 Å². The summed E-state index contributed by atoms with van der Waals surface area (Å²) in [5.74, 6) is 0. The largest absolute Gasteiger partial charge is 0.393 e. The molecule has 1 aliphatic carbocycles. The number of azide groups is 1. The molecule has 68 valence electrons. The lowest BCUT2D eigenvalue weighted by Gasteiger charge is -2.37. The first-order chi connectivity index (χ1) is 5.56. The minimum atomic E-state index is -0.284. The molecule has 12 heavy (non-hydrogen) atoms. The van der Waals surface area contributed by atoms with Gasteiger partial charge in [-0.3, -0.25) is 0 Å². The van der Waals surface area contributed by atoms with Crippen LogP contribution in [0, 0.1) is 5.41 Å². The van der Waals surface area contributed by atoms with Crippen molar-refractivity contribution >= 4 is 0 Å². The van der Waals surface area contributed by atoms with Crippen molar-refractivity contribution in [3.63, 3.8) is 0 Å². The van der Waals surface area contributed by atoms with Crippen molar-refractivity contribution in [3.8, 4) is 0 Å². The molecule has 0 heterocycles. The Morgan fingerprint density at radius 2 is 2.25 bits per heavy atom. The van der Waals surface area contributed by atoms with Gasteiger partial charge in [0.15, 0.2) is 0 Å². The van der Waals surface area contributed by atoms with E-state index in [2.05, 4.69) is 23.9 Å². The van der Waals surface area contributed by atoms with E-state index in [1.54, 1.807) is 0 Å². The lowest BCUT2D eigenvalue weighted by Crippen LogP contribution is -2.36. The molecule has 0 radical (unpaired) electrons. The second-order valence-electron chi connectivity index (χ2n) is 4.14. The van der Waals surface area contributed by atoms with Crippen molar-refractivity contribution in [2.24, 2.45) is 10.5 Å². The van der Waals surface area contributed by atoms with Crippen molar-refractivity contribution in [1.82, 2.24) is 0 Å². The van der Waals surface area contributed by atoms with Gasteiger partial charge in [0.1, 0.15) is 0 Å². The Bertz CT molecular complexity index is 208. The molecule has 0 aromatic rings. The van der Waals surface area contributed by atoms with Crippen LogP contribution in [0.4, 0.5) is 0 Å². The van der Waals surface area contributed by atoms with E-state index in [4.69, 9.17) is 5.53 Å². The van der Waals surface area contributed by atoms with Gasteiger partial charge < -0.3 is 5.11 Å². The van der Waals surface area contributed by atoms with E-state index >= 15 is 0 Å². The number of aliphatic hydroxyl groups is 1. The molecule has 0 spiro atoms. The molecule has 1 N–H and O–H groups in total. The Hall–Kier alpha value is -0.730. The molecule has 1 rings (SSSR count). The van der Waals surface area contributed by atoms with Gasteiger partial charge in [-0.25, -0.2) is 0 Å². The third kappa shape index (κ3) is 1.90. The van der Waals surface area contributed by atoms with E-state index in [1.807, 2.05) is 0 Å². The maximum atomic E-state index is 9.36. The third-order valence-corrected chi connectivity index (χ3v) is 2.71. The highest BCUT2D eigenvalue weighted by atomic mass is 16.3. The number of hydrogen-bond acceptors (Lipinski definition) is 2. The molecule has 1 fully saturated rings. The Kier molecular flexibility index (Phi) is 2.60. The third-order valence-electron chi connectivity index (χ3n) is 2.71. The van der Waals surface area contributed by atoms with Crippen molar-refractivity contribution in [2.45, 2.75) is 45.3 Å². The molecular weight excluding hydrogens is 154 g/mol. The summed E-state index contributed by atoms with van der Waals surface area (Å²) in [6.07, 6.45) is 2.08. The molecule has 1 saturated carbocycles. The second kappa shape index (κ2) is 3.33. The minimum absolute atomic E-state index is 0.0471. The first-order valence-electron chi connectivity index (χ1n) is 4.28. The molecule has 0 aromatic carbocycles. The maximum absolute atomic E-state index is 9.36. The molecular formula is C8H15N3O. The van der Waals surface area contributed by atoms with Crippen LogP contribution in [0.3, 0.4) is 0 Å². The summed E-state index contributed by atoms with van der Waals surface area (Å²) in [6, 6.07) is -0.0498. The van der Waals surface area contributed by atoms with Crippen molar-refractivity contribution in [3.05, 3.63) is 10.4 Å². The predicted octanol–water partition coefficient (Wildman–Crippen LogP) is 2.24. The average Bonchev–Trinajstić information content (AvgIpc) is 1.98. The monoisotopic (exact) mass is 169 g/mol. The fourth-order valence-corrected chi connectivity index (χ4v) is 1.67. The van der Waals surface area contributed by atoms with Gasteiger partial charge in [0.25, 0.3) is 0 Å². The first kappa shape index (κ1) is 9.36. The van der Waals surface area contributed by atoms with Gasteiger partial charge >= 0.3 is 0 Å². The lowest BCUT2D eigenvalue weighted by atomic mass is 9.73. The number of nitrogens with zero attached hydrogens (tertiary/aromatic N) is 3. The van der Waals surface area contributed by atoms with Gasteiger partial charge in [0, 0.05) is 11.0 Å². The van der Waals surface area contributed by atoms with E-state index in [-0.39, 0.29) is 17.6 Å². The van der Waals surface area contributed by atoms with Gasteiger partial charge in [0.05, 0.1) is 6.10 Å². The van der Waals surface area contributed by atoms with E-state index in [0.29, 0.717) is 6.42 Å². The van der Waals surface area contributed by atoms with Crippen LogP contribution in [-0.4, -0.2) is 17.3 Å². The fraction of sp³-hybridized carbons (Fsp3) is 1.00. The summed E-state index contributed by atoms with van der Waals surface area (Å²) in [7, 11) is 0. The number of hydrogen-bond donors (Lipinski definition) is 1. The zero-order valence-electron chi connectivity index (χ0n) is 7.56. The lowest BCUT2D eigenvalue weighted by molar-refractivity contribution is 0.0628. The first-order valence-corrected chi connectivity index (χ1v) is 4.28. The van der Waals surface area contributed by atoms with E-state index in [1.165, 1.54) is 0 Å². The molecule has 0 aromatic heterocycles. The SMILES string of the molecule is CC1(C)CCC(O)CC1N=[N+]=[N-]. The Morgan fingerprint density at radius 3 is 2.83 bits per heavy atom. The highest BCUT2D eigenvalue weighted by Gasteiger charge is 2.34. The van der Waals surface area contributed by atoms with Gasteiger partial charge in [-0.1, -0.05) is 19.0 Å². The Morgan fingerprint density at radius 1 is 1.58 bits per heavy atom. The standard InChI is InChI=1S/C8H15N3O/c1-8(2)4-3-6(12)5-7(8)10-11-9/h6-7,12H,3-5H2,1-2H3. The molecule has 4 nitrogen and oxygen atoms in total. The molecule has 1 aliphatic rings. The Balaban J connectivity index is 2.71. The van der Waals surface area contributed by atoms with Crippen LogP contribution in [0.5, 0.6) is 0 Å². The topological polar surface area (TPSA) is 69.0 Å². The number of aliphatic hydroxyl groups excluding tert-OH is 1. The van der Waals surface area contributed by atoms with Gasteiger partial charge in [-0.2, -0.15) is 0 Å². The van der Waals surface area contributed by atoms with Crippen molar-refractivity contribution in [2.75, 3.05) is 0 Å². The number of rotatable bonds is 1. The van der Waals surface area contributed by atoms with Gasteiger partial charge in [-0.15, -0.1) is 0 Å². The summed E-state index contributed by atoms with van der Waals surface area (Å²) in [4.78, 5) is 2.80. The Labute approximate surface area is 72.2 Å². The van der Waals surface area contributed by atoms with Crippen LogP contribution >= 0.6 is 0 Å². The van der Waals surface area contributed by atoms with E-state index in [9.17, 15) is 5.11 Å². The maximum Gasteiger partial charge on any atom is 0.0544 e. The summed E-state index contributed by atoms with van der Waals surface area (Å²) >= 11 is 0. The predicted molar refractivity (Wildman–Crippen MR) is 46.6 cm³/mol. The second-order valence-corrected chi connectivity index (χ2v) is 4.14. The smallest absolute Gasteiger partial charge is 0.0544 e. The quantitative estimate of drug-likeness (QED) is 0.365. The molecule has 0 bridgehead atoms. The van der Waals surface area contributed by atoms with E-state index in [0.717, 1.165) is 12.8 Å². The summed E-state index contributed by atoms with van der Waals surface area (Å²) in [5, 5.41) is 13.1.